The van der Waals surface area contributed by atoms with E-state index < -0.39 is 29.7 Å². The number of rotatable bonds is 11. The van der Waals surface area contributed by atoms with Crippen molar-refractivity contribution in [1.82, 2.24) is 15.6 Å². The summed E-state index contributed by atoms with van der Waals surface area (Å²) in [6.07, 6.45) is 7.31. The highest BCUT2D eigenvalue weighted by Gasteiger charge is 2.36. The number of benzene rings is 1. The minimum atomic E-state index is -1.22. The second kappa shape index (κ2) is 11.8. The first-order chi connectivity index (χ1) is 17.4. The molecule has 9 heteroatoms. The number of unbranched alkanes of at least 4 members (excludes halogenated alkanes) is 1. The maximum atomic E-state index is 12.6. The van der Waals surface area contributed by atoms with Crippen LogP contribution in [0.3, 0.4) is 0 Å². The van der Waals surface area contributed by atoms with E-state index in [0.29, 0.717) is 24.1 Å². The molecule has 36 heavy (non-hydrogen) atoms. The summed E-state index contributed by atoms with van der Waals surface area (Å²) in [5, 5.41) is 17.4. The van der Waals surface area contributed by atoms with Crippen LogP contribution in [0.4, 0.5) is 5.69 Å². The summed E-state index contributed by atoms with van der Waals surface area (Å²) in [6.45, 7) is 0.106. The summed E-state index contributed by atoms with van der Waals surface area (Å²) in [6, 6.07) is 8.63. The zero-order valence-electron chi connectivity index (χ0n) is 20.2. The second-order valence-corrected chi connectivity index (χ2v) is 9.35. The molecule has 0 saturated carbocycles. The lowest BCUT2D eigenvalue weighted by atomic mass is 9.95. The highest BCUT2D eigenvalue weighted by Crippen LogP contribution is 2.25. The molecule has 0 fully saturated rings. The zero-order valence-corrected chi connectivity index (χ0v) is 20.2. The van der Waals surface area contributed by atoms with Crippen LogP contribution in [-0.4, -0.2) is 52.3 Å². The normalized spacial score (nSPS) is 16.9. The van der Waals surface area contributed by atoms with E-state index in [2.05, 4.69) is 28.1 Å². The van der Waals surface area contributed by atoms with Crippen LogP contribution in [0.5, 0.6) is 0 Å². The van der Waals surface area contributed by atoms with Crippen molar-refractivity contribution in [3.05, 3.63) is 58.9 Å². The molecule has 2 amide bonds. The van der Waals surface area contributed by atoms with E-state index in [1.165, 1.54) is 24.1 Å². The van der Waals surface area contributed by atoms with Gasteiger partial charge in [0, 0.05) is 35.6 Å². The minimum absolute atomic E-state index is 0.0136. The van der Waals surface area contributed by atoms with Gasteiger partial charge in [0.25, 0.3) is 5.91 Å². The van der Waals surface area contributed by atoms with Crippen molar-refractivity contribution in [3.63, 3.8) is 0 Å². The lowest BCUT2D eigenvalue weighted by molar-refractivity contribution is -0.142. The van der Waals surface area contributed by atoms with Crippen LogP contribution in [0.2, 0.25) is 0 Å². The Labute approximate surface area is 210 Å². The highest BCUT2D eigenvalue weighted by molar-refractivity contribution is 6.21. The molecule has 0 radical (unpaired) electrons. The first-order valence-electron chi connectivity index (χ1n) is 12.6. The predicted octanol–water partition coefficient (Wildman–Crippen LogP) is 2.43. The number of carbonyl (C=O) groups excluding carboxylic acids is 3. The van der Waals surface area contributed by atoms with Gasteiger partial charge in [0.2, 0.25) is 5.91 Å². The largest absolute Gasteiger partial charge is 0.480 e. The molecule has 190 valence electrons. The monoisotopic (exact) mass is 492 g/mol. The number of hydrogen-bond acceptors (Lipinski definition) is 6. The second-order valence-electron chi connectivity index (χ2n) is 9.35. The van der Waals surface area contributed by atoms with Gasteiger partial charge >= 0.3 is 5.97 Å². The number of para-hydroxylation sites is 1. The highest BCUT2D eigenvalue weighted by atomic mass is 16.4. The molecule has 1 aromatic heterocycles. The molecule has 4 N–H and O–H groups in total. The number of aromatic nitrogens is 1. The van der Waals surface area contributed by atoms with Crippen LogP contribution in [0.25, 0.3) is 0 Å². The number of anilines is 1. The van der Waals surface area contributed by atoms with Gasteiger partial charge < -0.3 is 21.1 Å². The third-order valence-electron chi connectivity index (χ3n) is 6.71. The van der Waals surface area contributed by atoms with E-state index in [0.717, 1.165) is 31.4 Å². The van der Waals surface area contributed by atoms with E-state index >= 15 is 0 Å². The van der Waals surface area contributed by atoms with Gasteiger partial charge in [0.05, 0.1) is 0 Å². The summed E-state index contributed by atoms with van der Waals surface area (Å²) in [7, 11) is 0. The van der Waals surface area contributed by atoms with Crippen molar-refractivity contribution in [2.75, 3.05) is 11.9 Å². The van der Waals surface area contributed by atoms with E-state index in [1.807, 2.05) is 0 Å². The van der Waals surface area contributed by atoms with Crippen molar-refractivity contribution in [1.29, 1.82) is 0 Å². The van der Waals surface area contributed by atoms with Gasteiger partial charge in [0.15, 0.2) is 11.8 Å². The number of carboxylic acid groups (broad SMARTS) is 1. The van der Waals surface area contributed by atoms with Gasteiger partial charge in [-0.2, -0.15) is 0 Å². The fourth-order valence-electron chi connectivity index (χ4n) is 4.70. The average molecular weight is 493 g/mol. The number of carboxylic acids is 1. The fourth-order valence-corrected chi connectivity index (χ4v) is 4.70. The summed E-state index contributed by atoms with van der Waals surface area (Å²) in [5.41, 5.74) is 4.59. The number of Topliss-reactive ketones (excluding diaryl/α,β-unsaturated/α-hetero) is 1. The topological polar surface area (TPSA) is 137 Å². The Morgan fingerprint density at radius 2 is 1.89 bits per heavy atom. The quantitative estimate of drug-likeness (QED) is 0.279. The third kappa shape index (κ3) is 6.27. The van der Waals surface area contributed by atoms with Gasteiger partial charge in [-0.05, 0) is 75.1 Å². The minimum Gasteiger partial charge on any atom is -0.480 e. The Hall–Kier alpha value is -3.75. The fraction of sp³-hybridized carbons (Fsp3) is 0.444. The maximum absolute atomic E-state index is 12.6. The summed E-state index contributed by atoms with van der Waals surface area (Å²) >= 11 is 0. The van der Waals surface area contributed by atoms with Crippen LogP contribution >= 0.6 is 0 Å². The summed E-state index contributed by atoms with van der Waals surface area (Å²) in [4.78, 5) is 53.6. The molecule has 2 aliphatic rings. The van der Waals surface area contributed by atoms with Crippen LogP contribution in [0, 0.1) is 0 Å². The van der Waals surface area contributed by atoms with E-state index in [-0.39, 0.29) is 18.9 Å². The SMILES string of the molecule is O=C(CCCCc1ccc2c(n1)CCCC2)NCC[C@H](NC(=O)C1Nc2ccccc2C1=O)C(=O)O. The Bertz CT molecular complexity index is 1150. The predicted molar refractivity (Wildman–Crippen MR) is 134 cm³/mol. The number of aliphatic carboxylic acids is 1. The van der Waals surface area contributed by atoms with Crippen molar-refractivity contribution in [2.45, 2.75) is 69.9 Å². The number of nitrogens with zero attached hydrogens (tertiary/aromatic N) is 1. The molecule has 1 aliphatic carbocycles. The molecule has 0 bridgehead atoms. The molecule has 9 nitrogen and oxygen atoms in total. The van der Waals surface area contributed by atoms with Crippen LogP contribution < -0.4 is 16.0 Å². The van der Waals surface area contributed by atoms with Gasteiger partial charge in [-0.25, -0.2) is 4.79 Å². The Morgan fingerprint density at radius 1 is 1.08 bits per heavy atom. The molecule has 2 aromatic rings. The number of fused-ring (bicyclic) bond motifs is 2. The number of amides is 2. The van der Waals surface area contributed by atoms with Crippen LogP contribution in [-0.2, 0) is 33.6 Å². The summed E-state index contributed by atoms with van der Waals surface area (Å²) < 4.78 is 0. The van der Waals surface area contributed by atoms with E-state index in [1.54, 1.807) is 24.3 Å². The van der Waals surface area contributed by atoms with Crippen LogP contribution in [0.1, 0.15) is 65.8 Å². The lowest BCUT2D eigenvalue weighted by Gasteiger charge is -2.17. The standard InChI is InChI=1S/C27H32N4O5/c32-23(12-6-2-8-18-14-13-17-7-1-4-10-20(17)29-18)28-16-15-22(27(35)36)31-26(34)24-25(33)19-9-3-5-11-21(19)30-24/h3,5,9,11,13-14,22,24,30H,1-2,4,6-8,10,12,15-16H2,(H,28,32)(H,31,34)(H,35,36)/t22-,24?/m0/s1. The number of carbonyl (C=O) groups is 4. The molecule has 1 aromatic carbocycles. The number of pyridine rings is 1. The van der Waals surface area contributed by atoms with Crippen molar-refractivity contribution in [3.8, 4) is 0 Å². The van der Waals surface area contributed by atoms with Gasteiger partial charge in [-0.3, -0.25) is 19.4 Å². The third-order valence-corrected chi connectivity index (χ3v) is 6.71. The van der Waals surface area contributed by atoms with E-state index in [9.17, 15) is 24.3 Å². The number of hydrogen-bond donors (Lipinski definition) is 4. The zero-order chi connectivity index (χ0) is 25.5. The Balaban J connectivity index is 1.15. The molecule has 2 heterocycles. The maximum Gasteiger partial charge on any atom is 0.326 e. The van der Waals surface area contributed by atoms with E-state index in [4.69, 9.17) is 4.98 Å². The van der Waals surface area contributed by atoms with Crippen molar-refractivity contribution in [2.24, 2.45) is 0 Å². The van der Waals surface area contributed by atoms with Gasteiger partial charge in [-0.15, -0.1) is 0 Å². The first kappa shape index (κ1) is 25.3. The lowest BCUT2D eigenvalue weighted by Crippen LogP contribution is -2.50. The molecular weight excluding hydrogens is 460 g/mol. The number of ketones is 1. The average Bonchev–Trinajstić information content (AvgIpc) is 3.22. The van der Waals surface area contributed by atoms with Crippen LogP contribution in [0.15, 0.2) is 36.4 Å². The van der Waals surface area contributed by atoms with Crippen molar-refractivity contribution < 1.29 is 24.3 Å². The molecule has 0 spiro atoms. The van der Waals surface area contributed by atoms with Gasteiger partial charge in [0.1, 0.15) is 6.04 Å². The Morgan fingerprint density at radius 3 is 2.69 bits per heavy atom. The molecular formula is C27H32N4O5. The number of aryl methyl sites for hydroxylation is 3. The molecule has 1 aliphatic heterocycles. The smallest absolute Gasteiger partial charge is 0.326 e. The molecule has 2 atom stereocenters. The van der Waals surface area contributed by atoms with Gasteiger partial charge in [-0.1, -0.05) is 18.2 Å². The summed E-state index contributed by atoms with van der Waals surface area (Å²) in [5.74, 6) is -2.48. The van der Waals surface area contributed by atoms with Crippen molar-refractivity contribution >= 4 is 29.3 Å². The number of nitrogens with one attached hydrogen (secondary N) is 3. The molecule has 0 saturated heterocycles. The Kier molecular flexibility index (Phi) is 8.30. The molecule has 4 rings (SSSR count). The first-order valence-corrected chi connectivity index (χ1v) is 12.6. The molecule has 1 unspecified atom stereocenters.